The zero-order valence-electron chi connectivity index (χ0n) is 12.7. The first-order valence-electron chi connectivity index (χ1n) is 7.55. The summed E-state index contributed by atoms with van der Waals surface area (Å²) in [6.45, 7) is 6.61. The van der Waals surface area contributed by atoms with Crippen LogP contribution in [0.2, 0.25) is 0 Å². The maximum absolute atomic E-state index is 12.0. The van der Waals surface area contributed by atoms with Gasteiger partial charge in [-0.15, -0.1) is 0 Å². The smallest absolute Gasteiger partial charge is 0.258 e. The molecule has 110 valence electrons. The lowest BCUT2D eigenvalue weighted by Crippen LogP contribution is -2.45. The molecule has 0 heterocycles. The van der Waals surface area contributed by atoms with Crippen LogP contribution >= 0.6 is 0 Å². The highest BCUT2D eigenvalue weighted by Crippen LogP contribution is 2.29. The van der Waals surface area contributed by atoms with E-state index in [-0.39, 0.29) is 12.5 Å². The summed E-state index contributed by atoms with van der Waals surface area (Å²) in [5.74, 6) is 1.97. The number of hydrogen-bond donors (Lipinski definition) is 1. The van der Waals surface area contributed by atoms with Gasteiger partial charge in [0.1, 0.15) is 5.75 Å². The number of benzene rings is 1. The predicted molar refractivity (Wildman–Crippen MR) is 80.8 cm³/mol. The Hall–Kier alpha value is -1.51. The lowest BCUT2D eigenvalue weighted by Gasteiger charge is -2.34. The summed E-state index contributed by atoms with van der Waals surface area (Å²) in [6.07, 6.45) is 3.56. The minimum atomic E-state index is -0.0162. The molecule has 20 heavy (non-hydrogen) atoms. The normalized spacial score (nSPS) is 26.1. The van der Waals surface area contributed by atoms with Crippen molar-refractivity contribution in [2.45, 2.75) is 46.1 Å². The van der Waals surface area contributed by atoms with Gasteiger partial charge in [-0.1, -0.05) is 38.8 Å². The molecule has 1 aromatic rings. The van der Waals surface area contributed by atoms with Crippen molar-refractivity contribution in [3.8, 4) is 5.75 Å². The average Bonchev–Trinajstić information content (AvgIpc) is 2.42. The van der Waals surface area contributed by atoms with Crippen molar-refractivity contribution < 1.29 is 9.53 Å². The maximum atomic E-state index is 12.0. The minimum Gasteiger partial charge on any atom is -0.484 e. The van der Waals surface area contributed by atoms with Gasteiger partial charge in [-0.3, -0.25) is 4.79 Å². The Bertz CT molecular complexity index is 458. The van der Waals surface area contributed by atoms with E-state index < -0.39 is 0 Å². The topological polar surface area (TPSA) is 38.3 Å². The highest BCUT2D eigenvalue weighted by atomic mass is 16.5. The van der Waals surface area contributed by atoms with Gasteiger partial charge < -0.3 is 10.1 Å². The lowest BCUT2D eigenvalue weighted by atomic mass is 9.78. The van der Waals surface area contributed by atoms with Crippen LogP contribution in [0.5, 0.6) is 5.75 Å². The molecule has 1 amide bonds. The van der Waals surface area contributed by atoms with E-state index >= 15 is 0 Å². The van der Waals surface area contributed by atoms with E-state index in [0.29, 0.717) is 17.9 Å². The van der Waals surface area contributed by atoms with E-state index in [1.807, 2.05) is 31.2 Å². The molecule has 1 saturated carbocycles. The second kappa shape index (κ2) is 6.78. The molecule has 1 N–H and O–H groups in total. The van der Waals surface area contributed by atoms with Gasteiger partial charge in [0, 0.05) is 6.04 Å². The van der Waals surface area contributed by atoms with Crippen LogP contribution in [0.4, 0.5) is 0 Å². The third-order valence-corrected chi connectivity index (χ3v) is 4.41. The molecular weight excluding hydrogens is 250 g/mol. The number of ether oxygens (including phenoxy) is 1. The van der Waals surface area contributed by atoms with Crippen LogP contribution in [0, 0.1) is 18.8 Å². The largest absolute Gasteiger partial charge is 0.484 e. The van der Waals surface area contributed by atoms with Crippen LogP contribution in [-0.4, -0.2) is 18.6 Å². The fourth-order valence-corrected chi connectivity index (χ4v) is 2.89. The van der Waals surface area contributed by atoms with Crippen LogP contribution < -0.4 is 10.1 Å². The number of nitrogens with one attached hydrogen (secondary N) is 1. The van der Waals surface area contributed by atoms with E-state index in [2.05, 4.69) is 19.2 Å². The number of hydrogen-bond acceptors (Lipinski definition) is 2. The Morgan fingerprint density at radius 3 is 2.90 bits per heavy atom. The first kappa shape index (κ1) is 14.9. The number of carbonyl (C=O) groups excluding carboxylic acids is 1. The highest BCUT2D eigenvalue weighted by Gasteiger charge is 2.28. The van der Waals surface area contributed by atoms with Gasteiger partial charge >= 0.3 is 0 Å². The molecule has 0 bridgehead atoms. The summed E-state index contributed by atoms with van der Waals surface area (Å²) in [5, 5.41) is 3.12. The molecule has 0 aromatic heterocycles. The summed E-state index contributed by atoms with van der Waals surface area (Å²) in [4.78, 5) is 12.0. The fraction of sp³-hybridized carbons (Fsp3) is 0.588. The summed E-state index contributed by atoms with van der Waals surface area (Å²) < 4.78 is 5.54. The second-order valence-corrected chi connectivity index (χ2v) is 6.05. The van der Waals surface area contributed by atoms with E-state index in [9.17, 15) is 4.79 Å². The molecule has 0 saturated heterocycles. The molecule has 0 radical (unpaired) electrons. The van der Waals surface area contributed by atoms with Gasteiger partial charge in [-0.25, -0.2) is 0 Å². The molecule has 0 aliphatic heterocycles. The standard InChI is InChI=1S/C17H25NO2/c1-12-6-4-8-15(10-12)20-11-17(19)18-16-9-5-7-13(2)14(16)3/h4,6,8,10,13-14,16H,5,7,9,11H2,1-3H3,(H,18,19). The third kappa shape index (κ3) is 3.99. The average molecular weight is 275 g/mol. The molecule has 1 aliphatic rings. The van der Waals surface area contributed by atoms with Gasteiger partial charge in [-0.2, -0.15) is 0 Å². The van der Waals surface area contributed by atoms with Crippen LogP contribution in [0.3, 0.4) is 0 Å². The number of carbonyl (C=O) groups is 1. The zero-order chi connectivity index (χ0) is 14.5. The zero-order valence-corrected chi connectivity index (χ0v) is 12.7. The molecule has 3 unspecified atom stereocenters. The Balaban J connectivity index is 1.80. The van der Waals surface area contributed by atoms with Gasteiger partial charge in [0.25, 0.3) is 5.91 Å². The molecule has 1 fully saturated rings. The van der Waals surface area contributed by atoms with Crippen LogP contribution in [0.15, 0.2) is 24.3 Å². The highest BCUT2D eigenvalue weighted by molar-refractivity contribution is 5.77. The van der Waals surface area contributed by atoms with Crippen molar-refractivity contribution in [1.82, 2.24) is 5.32 Å². The van der Waals surface area contributed by atoms with Crippen LogP contribution in [0.25, 0.3) is 0 Å². The van der Waals surface area contributed by atoms with E-state index in [1.54, 1.807) is 0 Å². The monoisotopic (exact) mass is 275 g/mol. The number of amides is 1. The molecule has 3 heteroatoms. The number of rotatable bonds is 4. The molecular formula is C17H25NO2. The second-order valence-electron chi connectivity index (χ2n) is 6.05. The molecule has 3 nitrogen and oxygen atoms in total. The van der Waals surface area contributed by atoms with Crippen molar-refractivity contribution >= 4 is 5.91 Å². The first-order valence-corrected chi connectivity index (χ1v) is 7.55. The molecule has 0 spiro atoms. The van der Waals surface area contributed by atoms with Crippen molar-refractivity contribution in [2.24, 2.45) is 11.8 Å². The molecule has 2 rings (SSSR count). The Morgan fingerprint density at radius 1 is 1.35 bits per heavy atom. The van der Waals surface area contributed by atoms with Gasteiger partial charge in [0.2, 0.25) is 0 Å². The Labute approximate surface area is 121 Å². The fourth-order valence-electron chi connectivity index (χ4n) is 2.89. The quantitative estimate of drug-likeness (QED) is 0.915. The lowest BCUT2D eigenvalue weighted by molar-refractivity contribution is -0.124. The van der Waals surface area contributed by atoms with Crippen molar-refractivity contribution in [1.29, 1.82) is 0 Å². The molecule has 1 aliphatic carbocycles. The van der Waals surface area contributed by atoms with Gasteiger partial charge in [0.15, 0.2) is 6.61 Å². The maximum Gasteiger partial charge on any atom is 0.258 e. The number of aryl methyl sites for hydroxylation is 1. The van der Waals surface area contributed by atoms with Crippen molar-refractivity contribution in [2.75, 3.05) is 6.61 Å². The summed E-state index contributed by atoms with van der Waals surface area (Å²) in [7, 11) is 0. The van der Waals surface area contributed by atoms with Crippen LogP contribution in [0.1, 0.15) is 38.7 Å². The van der Waals surface area contributed by atoms with Crippen molar-refractivity contribution in [3.63, 3.8) is 0 Å². The predicted octanol–water partition coefficient (Wildman–Crippen LogP) is 3.31. The van der Waals surface area contributed by atoms with Gasteiger partial charge in [-0.05, 0) is 42.9 Å². The summed E-state index contributed by atoms with van der Waals surface area (Å²) in [5.41, 5.74) is 1.14. The Kier molecular flexibility index (Phi) is 5.05. The van der Waals surface area contributed by atoms with Crippen LogP contribution in [-0.2, 0) is 4.79 Å². The SMILES string of the molecule is Cc1cccc(OCC(=O)NC2CCCC(C)C2C)c1. The third-order valence-electron chi connectivity index (χ3n) is 4.41. The van der Waals surface area contributed by atoms with E-state index in [4.69, 9.17) is 4.74 Å². The molecule has 1 aromatic carbocycles. The first-order chi connectivity index (χ1) is 9.56. The van der Waals surface area contributed by atoms with Crippen molar-refractivity contribution in [3.05, 3.63) is 29.8 Å². The van der Waals surface area contributed by atoms with Gasteiger partial charge in [0.05, 0.1) is 0 Å². The van der Waals surface area contributed by atoms with E-state index in [0.717, 1.165) is 17.7 Å². The minimum absolute atomic E-state index is 0.0162. The summed E-state index contributed by atoms with van der Waals surface area (Å²) >= 11 is 0. The summed E-state index contributed by atoms with van der Waals surface area (Å²) in [6, 6.07) is 8.07. The Morgan fingerprint density at radius 2 is 2.15 bits per heavy atom. The van der Waals surface area contributed by atoms with E-state index in [1.165, 1.54) is 12.8 Å². The molecule has 3 atom stereocenters.